The number of amides is 1. The Kier molecular flexibility index (Phi) is 5.53. The van der Waals surface area contributed by atoms with Gasteiger partial charge in [-0.1, -0.05) is 23.8 Å². The van der Waals surface area contributed by atoms with E-state index in [1.165, 1.54) is 12.1 Å². The van der Waals surface area contributed by atoms with Crippen LogP contribution in [-0.4, -0.2) is 39.4 Å². The highest BCUT2D eigenvalue weighted by Gasteiger charge is 2.28. The average Bonchev–Trinajstić information content (AvgIpc) is 3.44. The molecule has 3 rings (SSSR count). The highest BCUT2D eigenvalue weighted by molar-refractivity contribution is 7.89. The molecule has 1 aliphatic carbocycles. The first-order valence-electron chi connectivity index (χ1n) is 8.81. The van der Waals surface area contributed by atoms with Gasteiger partial charge in [-0.15, -0.1) is 0 Å². The number of nitrogens with one attached hydrogen (secondary N) is 1. The Balaban J connectivity index is 1.79. The van der Waals surface area contributed by atoms with Crippen molar-refractivity contribution in [3.8, 4) is 5.75 Å². The lowest BCUT2D eigenvalue weighted by Gasteiger charge is -2.19. The van der Waals surface area contributed by atoms with Gasteiger partial charge in [0.2, 0.25) is 10.0 Å². The van der Waals surface area contributed by atoms with E-state index >= 15 is 0 Å². The SMILES string of the molecule is COc1ccc(C)cc1CN(C)C(=O)c1cccc(S(=O)(=O)NC2CC2)c1. The molecule has 1 amide bonds. The second kappa shape index (κ2) is 7.70. The van der Waals surface area contributed by atoms with Crippen LogP contribution in [0.4, 0.5) is 0 Å². The van der Waals surface area contributed by atoms with Crippen molar-refractivity contribution in [1.29, 1.82) is 0 Å². The van der Waals surface area contributed by atoms with Gasteiger partial charge in [-0.05, 0) is 44.0 Å². The number of sulfonamides is 1. The van der Waals surface area contributed by atoms with Crippen LogP contribution in [-0.2, 0) is 16.6 Å². The maximum absolute atomic E-state index is 12.8. The summed E-state index contributed by atoms with van der Waals surface area (Å²) in [5.74, 6) is 0.465. The third-order valence-electron chi connectivity index (χ3n) is 4.48. The number of hydrogen-bond donors (Lipinski definition) is 1. The quantitative estimate of drug-likeness (QED) is 0.791. The Morgan fingerprint density at radius 2 is 1.96 bits per heavy atom. The number of hydrogen-bond acceptors (Lipinski definition) is 4. The molecule has 0 bridgehead atoms. The Hall–Kier alpha value is -2.38. The Bertz CT molecular complexity index is 952. The van der Waals surface area contributed by atoms with Crippen molar-refractivity contribution in [2.24, 2.45) is 0 Å². The second-order valence-electron chi connectivity index (χ2n) is 6.90. The van der Waals surface area contributed by atoms with Crippen LogP contribution < -0.4 is 9.46 Å². The van der Waals surface area contributed by atoms with Crippen molar-refractivity contribution >= 4 is 15.9 Å². The van der Waals surface area contributed by atoms with Crippen LogP contribution in [0.1, 0.15) is 34.3 Å². The summed E-state index contributed by atoms with van der Waals surface area (Å²) in [5, 5.41) is 0. The minimum absolute atomic E-state index is 0.0193. The van der Waals surface area contributed by atoms with E-state index in [-0.39, 0.29) is 16.8 Å². The molecule has 1 saturated carbocycles. The molecule has 1 aliphatic rings. The highest BCUT2D eigenvalue weighted by Crippen LogP contribution is 2.24. The molecule has 0 spiro atoms. The van der Waals surface area contributed by atoms with Gasteiger partial charge in [0.15, 0.2) is 0 Å². The lowest BCUT2D eigenvalue weighted by molar-refractivity contribution is 0.0784. The Morgan fingerprint density at radius 1 is 1.22 bits per heavy atom. The molecule has 2 aromatic carbocycles. The fraction of sp³-hybridized carbons (Fsp3) is 0.350. The van der Waals surface area contributed by atoms with Crippen molar-refractivity contribution in [1.82, 2.24) is 9.62 Å². The number of rotatable bonds is 7. The van der Waals surface area contributed by atoms with Gasteiger partial charge in [0.05, 0.1) is 12.0 Å². The van der Waals surface area contributed by atoms with Gasteiger partial charge in [0.25, 0.3) is 5.91 Å². The number of methoxy groups -OCH3 is 1. The minimum atomic E-state index is -3.59. The van der Waals surface area contributed by atoms with Crippen molar-refractivity contribution in [3.05, 3.63) is 59.2 Å². The van der Waals surface area contributed by atoms with Crippen molar-refractivity contribution in [3.63, 3.8) is 0 Å². The van der Waals surface area contributed by atoms with Crippen LogP contribution in [0.25, 0.3) is 0 Å². The fourth-order valence-corrected chi connectivity index (χ4v) is 4.21. The predicted octanol–water partition coefficient (Wildman–Crippen LogP) is 2.72. The van der Waals surface area contributed by atoms with Crippen LogP contribution >= 0.6 is 0 Å². The Labute approximate surface area is 160 Å². The van der Waals surface area contributed by atoms with Crippen LogP contribution in [0.5, 0.6) is 5.75 Å². The van der Waals surface area contributed by atoms with Crippen molar-refractivity contribution < 1.29 is 17.9 Å². The first-order chi connectivity index (χ1) is 12.8. The van der Waals surface area contributed by atoms with E-state index in [0.29, 0.717) is 17.9 Å². The lowest BCUT2D eigenvalue weighted by Crippen LogP contribution is -2.28. The van der Waals surface area contributed by atoms with E-state index in [4.69, 9.17) is 4.74 Å². The number of aryl methyl sites for hydroxylation is 1. The normalized spacial score (nSPS) is 14.0. The van der Waals surface area contributed by atoms with Gasteiger partial charge >= 0.3 is 0 Å². The first-order valence-corrected chi connectivity index (χ1v) is 10.3. The number of carbonyl (C=O) groups is 1. The van der Waals surface area contributed by atoms with E-state index in [1.807, 2.05) is 25.1 Å². The van der Waals surface area contributed by atoms with Gasteiger partial charge in [-0.2, -0.15) is 0 Å². The zero-order valence-corrected chi connectivity index (χ0v) is 16.5. The molecule has 0 saturated heterocycles. The zero-order valence-electron chi connectivity index (χ0n) is 15.7. The molecule has 2 aromatic rings. The number of nitrogens with zero attached hydrogens (tertiary/aromatic N) is 1. The molecule has 0 aromatic heterocycles. The molecule has 0 unspecified atom stereocenters. The summed E-state index contributed by atoms with van der Waals surface area (Å²) in [4.78, 5) is 14.5. The first kappa shape index (κ1) is 19.4. The highest BCUT2D eigenvalue weighted by atomic mass is 32.2. The van der Waals surface area contributed by atoms with E-state index in [2.05, 4.69) is 4.72 Å². The monoisotopic (exact) mass is 388 g/mol. The molecule has 1 fully saturated rings. The lowest BCUT2D eigenvalue weighted by atomic mass is 10.1. The van der Waals surface area contributed by atoms with Gasteiger partial charge in [0.1, 0.15) is 5.75 Å². The molecular formula is C20H24N2O4S. The zero-order chi connectivity index (χ0) is 19.6. The summed E-state index contributed by atoms with van der Waals surface area (Å²) in [6.45, 7) is 2.34. The van der Waals surface area contributed by atoms with Gasteiger partial charge in [-0.3, -0.25) is 4.79 Å². The van der Waals surface area contributed by atoms with E-state index < -0.39 is 10.0 Å². The third kappa shape index (κ3) is 4.67. The average molecular weight is 388 g/mol. The summed E-state index contributed by atoms with van der Waals surface area (Å²) >= 11 is 0. The molecule has 7 heteroatoms. The molecule has 27 heavy (non-hydrogen) atoms. The van der Waals surface area contributed by atoms with E-state index in [9.17, 15) is 13.2 Å². The molecule has 6 nitrogen and oxygen atoms in total. The summed E-state index contributed by atoms with van der Waals surface area (Å²) in [6, 6.07) is 12.0. The van der Waals surface area contributed by atoms with Crippen LogP contribution in [0.3, 0.4) is 0 Å². The molecule has 0 heterocycles. The molecule has 0 aliphatic heterocycles. The molecule has 0 atom stereocenters. The molecule has 144 valence electrons. The number of carbonyl (C=O) groups excluding carboxylic acids is 1. The number of benzene rings is 2. The summed E-state index contributed by atoms with van der Waals surface area (Å²) in [7, 11) is -0.312. The molecule has 1 N–H and O–H groups in total. The smallest absolute Gasteiger partial charge is 0.253 e. The molecular weight excluding hydrogens is 364 g/mol. The maximum Gasteiger partial charge on any atom is 0.253 e. The topological polar surface area (TPSA) is 75.7 Å². The number of ether oxygens (including phenoxy) is 1. The summed E-state index contributed by atoms with van der Waals surface area (Å²) in [5.41, 5.74) is 2.31. The molecule has 0 radical (unpaired) electrons. The second-order valence-corrected chi connectivity index (χ2v) is 8.61. The van der Waals surface area contributed by atoms with Gasteiger partial charge in [0, 0.05) is 30.8 Å². The van der Waals surface area contributed by atoms with Crippen molar-refractivity contribution in [2.45, 2.75) is 37.2 Å². The van der Waals surface area contributed by atoms with Crippen LogP contribution in [0, 0.1) is 6.92 Å². The Morgan fingerprint density at radius 3 is 2.63 bits per heavy atom. The van der Waals surface area contributed by atoms with Crippen molar-refractivity contribution in [2.75, 3.05) is 14.2 Å². The predicted molar refractivity (Wildman–Crippen MR) is 103 cm³/mol. The maximum atomic E-state index is 12.8. The standard InChI is InChI=1S/C20H24N2O4S/c1-14-7-10-19(26-3)16(11-14)13-22(2)20(23)15-5-4-6-18(12-15)27(24,25)21-17-8-9-17/h4-7,10-12,17,21H,8-9,13H2,1-3H3. The summed E-state index contributed by atoms with van der Waals surface area (Å²) < 4.78 is 32.8. The van der Waals surface area contributed by atoms with Gasteiger partial charge < -0.3 is 9.64 Å². The summed E-state index contributed by atoms with van der Waals surface area (Å²) in [6.07, 6.45) is 1.72. The van der Waals surface area contributed by atoms with Crippen LogP contribution in [0.2, 0.25) is 0 Å². The van der Waals surface area contributed by atoms with Crippen LogP contribution in [0.15, 0.2) is 47.4 Å². The van der Waals surface area contributed by atoms with E-state index in [1.54, 1.807) is 31.2 Å². The fourth-order valence-electron chi connectivity index (χ4n) is 2.86. The van der Waals surface area contributed by atoms with E-state index in [0.717, 1.165) is 24.0 Å². The third-order valence-corrected chi connectivity index (χ3v) is 6.00. The largest absolute Gasteiger partial charge is 0.496 e. The van der Waals surface area contributed by atoms with Gasteiger partial charge in [-0.25, -0.2) is 13.1 Å². The minimum Gasteiger partial charge on any atom is -0.496 e.